The average molecular weight is 1010 g/mol. The highest BCUT2D eigenvalue weighted by Gasteiger charge is 2.29. The molecular formula is C55H40Cl2N8O6S. The van der Waals surface area contributed by atoms with E-state index in [9.17, 15) is 18.0 Å². The van der Waals surface area contributed by atoms with E-state index in [1.54, 1.807) is 84.9 Å². The third-order valence-electron chi connectivity index (χ3n) is 11.6. The number of para-hydroxylation sites is 4. The molecule has 0 aliphatic carbocycles. The summed E-state index contributed by atoms with van der Waals surface area (Å²) in [5, 5.41) is 10.9. The molecule has 0 spiro atoms. The van der Waals surface area contributed by atoms with Crippen molar-refractivity contribution in [1.29, 1.82) is 0 Å². The first-order valence-electron chi connectivity index (χ1n) is 22.2. The molecule has 11 aromatic rings. The fourth-order valence-electron chi connectivity index (χ4n) is 7.96. The van der Waals surface area contributed by atoms with Gasteiger partial charge in [-0.1, -0.05) is 114 Å². The van der Waals surface area contributed by atoms with Crippen LogP contribution in [0.25, 0.3) is 33.2 Å². The number of carbonyl (C=O) groups excluding carboxylic acids is 2. The van der Waals surface area contributed by atoms with Crippen LogP contribution in [0.5, 0.6) is 23.0 Å². The van der Waals surface area contributed by atoms with Crippen LogP contribution in [-0.4, -0.2) is 48.5 Å². The Bertz CT molecular complexity index is 3910. The molecule has 356 valence electrons. The molecule has 0 unspecified atom stereocenters. The summed E-state index contributed by atoms with van der Waals surface area (Å²) in [4.78, 5) is 30.1. The van der Waals surface area contributed by atoms with Gasteiger partial charge < -0.3 is 25.9 Å². The van der Waals surface area contributed by atoms with Gasteiger partial charge in [-0.25, -0.2) is 21.8 Å². The van der Waals surface area contributed by atoms with Gasteiger partial charge in [0.05, 0.1) is 61.0 Å². The normalized spacial score (nSPS) is 11.3. The van der Waals surface area contributed by atoms with Gasteiger partial charge >= 0.3 is 0 Å². The number of nitrogens with zero attached hydrogens (tertiary/aromatic N) is 5. The molecule has 0 amide bonds. The lowest BCUT2D eigenvalue weighted by atomic mass is 10.1. The van der Waals surface area contributed by atoms with Crippen LogP contribution < -0.4 is 20.9 Å². The number of hydrogen-bond donors (Lipinski definition) is 3. The van der Waals surface area contributed by atoms with Gasteiger partial charge in [-0.2, -0.15) is 10.2 Å². The number of rotatable bonds is 12. The van der Waals surface area contributed by atoms with Gasteiger partial charge in [0.15, 0.2) is 0 Å². The lowest BCUT2D eigenvalue weighted by Gasteiger charge is -2.12. The lowest BCUT2D eigenvalue weighted by molar-refractivity contribution is 0.102. The molecule has 0 aliphatic rings. The molecule has 0 saturated heterocycles. The Balaban J connectivity index is 0.000000172. The molecule has 11 rings (SSSR count). The van der Waals surface area contributed by atoms with E-state index in [0.29, 0.717) is 66.6 Å². The average Bonchev–Trinajstić information content (AvgIpc) is 4.20. The van der Waals surface area contributed by atoms with Crippen LogP contribution in [-0.2, 0) is 10.0 Å². The number of aromatic nitrogens is 6. The summed E-state index contributed by atoms with van der Waals surface area (Å²) in [5.74, 6) is 1.72. The zero-order valence-corrected chi connectivity index (χ0v) is 40.3. The van der Waals surface area contributed by atoms with Crippen molar-refractivity contribution >= 4 is 78.2 Å². The maximum absolute atomic E-state index is 13.9. The summed E-state index contributed by atoms with van der Waals surface area (Å²) in [6.07, 6.45) is 2.78. The van der Waals surface area contributed by atoms with Gasteiger partial charge in [-0.3, -0.25) is 9.59 Å². The Morgan fingerprint density at radius 3 is 1.61 bits per heavy atom. The van der Waals surface area contributed by atoms with Crippen LogP contribution >= 0.6 is 23.2 Å². The Labute approximate surface area is 422 Å². The van der Waals surface area contributed by atoms with Crippen LogP contribution in [0.4, 0.5) is 11.6 Å². The molecule has 0 atom stereocenters. The quantitative estimate of drug-likeness (QED) is 0.0991. The van der Waals surface area contributed by atoms with Crippen molar-refractivity contribution in [3.63, 3.8) is 0 Å². The Morgan fingerprint density at radius 1 is 0.569 bits per heavy atom. The predicted molar refractivity (Wildman–Crippen MR) is 280 cm³/mol. The number of nitrogens with two attached hydrogens (primary N) is 2. The summed E-state index contributed by atoms with van der Waals surface area (Å²) >= 11 is 12.9. The van der Waals surface area contributed by atoms with Crippen molar-refractivity contribution in [3.05, 3.63) is 233 Å². The summed E-state index contributed by atoms with van der Waals surface area (Å²) < 4.78 is 43.2. The highest BCUT2D eigenvalue weighted by Crippen LogP contribution is 2.35. The zero-order valence-electron chi connectivity index (χ0n) is 38.0. The summed E-state index contributed by atoms with van der Waals surface area (Å²) in [5.41, 5.74) is 16.8. The molecule has 0 saturated carbocycles. The fraction of sp³-hybridized carbons (Fsp3) is 0.0182. The van der Waals surface area contributed by atoms with Crippen molar-refractivity contribution in [2.75, 3.05) is 11.5 Å². The van der Waals surface area contributed by atoms with Gasteiger partial charge in [0.2, 0.25) is 11.6 Å². The smallest absolute Gasteiger partial charge is 0.268 e. The lowest BCUT2D eigenvalue weighted by Crippen LogP contribution is -2.19. The Morgan fingerprint density at radius 2 is 1.07 bits per heavy atom. The van der Waals surface area contributed by atoms with Crippen LogP contribution in [0.15, 0.2) is 199 Å². The maximum atomic E-state index is 13.9. The monoisotopic (exact) mass is 1010 g/mol. The van der Waals surface area contributed by atoms with Gasteiger partial charge in [-0.15, -0.1) is 0 Å². The molecule has 0 aliphatic heterocycles. The second-order valence-electron chi connectivity index (χ2n) is 16.4. The molecular weight excluding hydrogens is 972 g/mol. The Kier molecular flexibility index (Phi) is 12.7. The molecule has 0 fully saturated rings. The molecule has 4 aromatic heterocycles. The number of anilines is 2. The summed E-state index contributed by atoms with van der Waals surface area (Å²) in [6, 6.07) is 53.2. The minimum absolute atomic E-state index is 0.0346. The molecule has 5 N–H and O–H groups in total. The zero-order chi connectivity index (χ0) is 50.1. The first-order valence-corrected chi connectivity index (χ1v) is 24.4. The fourth-order valence-corrected chi connectivity index (χ4v) is 9.90. The Hall–Kier alpha value is -8.89. The summed E-state index contributed by atoms with van der Waals surface area (Å²) in [7, 11) is -4.12. The van der Waals surface area contributed by atoms with Gasteiger partial charge in [-0.05, 0) is 104 Å². The number of halogens is 2. The first kappa shape index (κ1) is 46.8. The number of nitrogen functional groups attached to an aromatic ring is 2. The second kappa shape index (κ2) is 19.5. The second-order valence-corrected chi connectivity index (χ2v) is 19.0. The molecule has 17 heteroatoms. The third kappa shape index (κ3) is 9.18. The third-order valence-corrected chi connectivity index (χ3v) is 13.9. The molecule has 72 heavy (non-hydrogen) atoms. The number of nitrogens with one attached hydrogen (secondary N) is 1. The number of aryl methyl sites for hydroxylation is 1. The van der Waals surface area contributed by atoms with E-state index in [2.05, 4.69) is 15.2 Å². The summed E-state index contributed by atoms with van der Waals surface area (Å²) in [6.45, 7) is 1.87. The van der Waals surface area contributed by atoms with Crippen LogP contribution in [0.3, 0.4) is 0 Å². The molecule has 0 bridgehead atoms. The highest BCUT2D eigenvalue weighted by atomic mass is 35.5. The topological polar surface area (TPSA) is 195 Å². The predicted octanol–water partition coefficient (Wildman–Crippen LogP) is 12.2. The maximum Gasteiger partial charge on any atom is 0.268 e. The molecule has 7 aromatic carbocycles. The standard InChI is InChI=1S/C31H23ClN4O4S.C24H17ClN4O2/c1-20-11-14-24(15-12-20)41(38,39)36-27-10-6-5-7-21(27)17-28(36)30(37)25-19-34-35(31(25)33)22-13-16-29(26(32)18-22)40-23-8-3-2-4-9-23;25-19-13-16(10-11-22(19)31-17-7-2-1-3-8-17)29-24(26)18(14-27-29)23(30)21-12-15-6-4-5-9-20(15)28-21/h2-19H,33H2,1H3;1-14,28H,26H2. The van der Waals surface area contributed by atoms with Crippen molar-refractivity contribution in [2.24, 2.45) is 0 Å². The van der Waals surface area contributed by atoms with E-state index in [-0.39, 0.29) is 33.6 Å². The SMILES string of the molecule is Cc1ccc(S(=O)(=O)n2c(C(=O)c3cnn(-c4ccc(Oc5ccccc5)c(Cl)c4)c3N)cc3ccccc32)cc1.Nc1c(C(=O)c2cc3ccccc3[nH]2)cnn1-c1ccc(Oc2ccccc2)c(Cl)c1. The van der Waals surface area contributed by atoms with Crippen molar-refractivity contribution in [1.82, 2.24) is 28.5 Å². The van der Waals surface area contributed by atoms with Crippen LogP contribution in [0, 0.1) is 6.92 Å². The highest BCUT2D eigenvalue weighted by molar-refractivity contribution is 7.90. The minimum atomic E-state index is -4.12. The van der Waals surface area contributed by atoms with E-state index in [1.807, 2.05) is 91.9 Å². The molecule has 0 radical (unpaired) electrons. The van der Waals surface area contributed by atoms with Gasteiger partial charge in [0, 0.05) is 16.3 Å². The number of carbonyl (C=O) groups is 2. The number of fused-ring (bicyclic) bond motifs is 2. The molecule has 4 heterocycles. The van der Waals surface area contributed by atoms with E-state index in [4.69, 9.17) is 44.1 Å². The minimum Gasteiger partial charge on any atom is -0.456 e. The van der Waals surface area contributed by atoms with Crippen LogP contribution in [0.1, 0.15) is 37.7 Å². The number of ether oxygens (including phenoxy) is 2. The largest absolute Gasteiger partial charge is 0.456 e. The van der Waals surface area contributed by atoms with E-state index in [1.165, 1.54) is 33.9 Å². The van der Waals surface area contributed by atoms with E-state index >= 15 is 0 Å². The first-order chi connectivity index (χ1) is 34.8. The number of hydrogen-bond acceptors (Lipinski definition) is 10. The number of ketones is 2. The number of aromatic amines is 1. The van der Waals surface area contributed by atoms with Crippen LogP contribution in [0.2, 0.25) is 10.0 Å². The van der Waals surface area contributed by atoms with E-state index in [0.717, 1.165) is 20.4 Å². The van der Waals surface area contributed by atoms with Crippen molar-refractivity contribution < 1.29 is 27.5 Å². The van der Waals surface area contributed by atoms with Gasteiger partial charge in [0.25, 0.3) is 10.0 Å². The van der Waals surface area contributed by atoms with Crippen molar-refractivity contribution in [2.45, 2.75) is 11.8 Å². The molecule has 14 nitrogen and oxygen atoms in total. The van der Waals surface area contributed by atoms with E-state index < -0.39 is 15.8 Å². The number of benzene rings is 7. The van der Waals surface area contributed by atoms with Crippen molar-refractivity contribution in [3.8, 4) is 34.4 Å². The number of H-pyrrole nitrogens is 1. The van der Waals surface area contributed by atoms with Gasteiger partial charge in [0.1, 0.15) is 40.3 Å².